The van der Waals surface area contributed by atoms with Crippen molar-refractivity contribution in [2.75, 3.05) is 0 Å². The predicted octanol–water partition coefficient (Wildman–Crippen LogP) is 7.07. The van der Waals surface area contributed by atoms with Crippen LogP contribution in [-0.2, 0) is 24.4 Å². The molecule has 5 heteroatoms. The molecule has 5 rings (SSSR count). The molecule has 4 aromatic carbocycles. The summed E-state index contributed by atoms with van der Waals surface area (Å²) in [7, 11) is 0. The molecule has 0 saturated carbocycles. The summed E-state index contributed by atoms with van der Waals surface area (Å²) in [4.78, 5) is 8.36. The third-order valence-electron chi connectivity index (χ3n) is 6.03. The average molecular weight is 480 g/mol. The molecule has 182 valence electrons. The minimum Gasteiger partial charge on any atom is -0.489 e. The van der Waals surface area contributed by atoms with Gasteiger partial charge in [-0.3, -0.25) is 4.79 Å². The molecule has 1 aromatic heterocycles. The second-order valence-electron chi connectivity index (χ2n) is 8.32. The summed E-state index contributed by atoms with van der Waals surface area (Å²) in [6, 6.07) is 31.5. The number of hydrogen-bond donors (Lipinski definition) is 2. The largest absolute Gasteiger partial charge is 0.489 e. The van der Waals surface area contributed by atoms with E-state index in [1.165, 1.54) is 11.1 Å². The van der Waals surface area contributed by atoms with Crippen molar-refractivity contribution in [3.8, 4) is 28.0 Å². The van der Waals surface area contributed by atoms with Gasteiger partial charge in [0.2, 0.25) is 0 Å². The summed E-state index contributed by atoms with van der Waals surface area (Å²) >= 11 is 0. The Labute approximate surface area is 210 Å². The first-order chi connectivity index (χ1) is 17.7. The number of fused-ring (bicyclic) bond motifs is 1. The molecular formula is C31H29NO4. The maximum atomic E-state index is 8.36. The van der Waals surface area contributed by atoms with E-state index in [0.717, 1.165) is 51.0 Å². The molecule has 0 bridgehead atoms. The van der Waals surface area contributed by atoms with E-state index in [0.29, 0.717) is 13.2 Å². The predicted molar refractivity (Wildman–Crippen MR) is 144 cm³/mol. The zero-order valence-electron chi connectivity index (χ0n) is 20.2. The third kappa shape index (κ3) is 5.65. The van der Waals surface area contributed by atoms with E-state index in [-0.39, 0.29) is 6.47 Å². The van der Waals surface area contributed by atoms with Crippen LogP contribution in [-0.4, -0.2) is 11.6 Å². The molecule has 5 aromatic rings. The highest BCUT2D eigenvalue weighted by Crippen LogP contribution is 2.33. The molecule has 0 unspecified atom stereocenters. The first-order valence-corrected chi connectivity index (χ1v) is 11.8. The van der Waals surface area contributed by atoms with Crippen molar-refractivity contribution in [1.29, 1.82) is 0 Å². The monoisotopic (exact) mass is 479 g/mol. The normalized spacial score (nSPS) is 10.5. The Morgan fingerprint density at radius 3 is 2.39 bits per heavy atom. The standard InChI is InChI=1S/C30H27NO2.CH2O2/c1-2-23-11-12-25(24-8-4-3-5-9-24)18-29(23)33-20-22-16-27-13-14-32-30(27)28(17-22)26-10-6-7-21(15-26)19-31;2-1-3/h3-18H,2,19-20,31H2,1H3;1H,(H,2,3). The smallest absolute Gasteiger partial charge is 0.290 e. The van der Waals surface area contributed by atoms with Gasteiger partial charge < -0.3 is 20.0 Å². The zero-order valence-corrected chi connectivity index (χ0v) is 20.2. The number of carboxylic acid groups (broad SMARTS) is 1. The Kier molecular flexibility index (Phi) is 8.16. The Morgan fingerprint density at radius 2 is 1.64 bits per heavy atom. The Morgan fingerprint density at radius 1 is 0.861 bits per heavy atom. The fourth-order valence-electron chi connectivity index (χ4n) is 4.26. The molecule has 0 aliphatic rings. The van der Waals surface area contributed by atoms with Gasteiger partial charge >= 0.3 is 0 Å². The van der Waals surface area contributed by atoms with Crippen LogP contribution < -0.4 is 10.5 Å². The fourth-order valence-corrected chi connectivity index (χ4v) is 4.26. The fraction of sp³-hybridized carbons (Fsp3) is 0.129. The topological polar surface area (TPSA) is 85.7 Å². The molecule has 0 radical (unpaired) electrons. The quantitative estimate of drug-likeness (QED) is 0.244. The molecular weight excluding hydrogens is 450 g/mol. The molecule has 0 spiro atoms. The van der Waals surface area contributed by atoms with Crippen LogP contribution in [0.1, 0.15) is 23.6 Å². The van der Waals surface area contributed by atoms with Gasteiger partial charge in [-0.15, -0.1) is 0 Å². The van der Waals surface area contributed by atoms with E-state index in [4.69, 9.17) is 24.8 Å². The molecule has 0 atom stereocenters. The number of hydrogen-bond acceptors (Lipinski definition) is 4. The van der Waals surface area contributed by atoms with Crippen molar-refractivity contribution in [3.63, 3.8) is 0 Å². The van der Waals surface area contributed by atoms with Crippen molar-refractivity contribution in [3.05, 3.63) is 114 Å². The van der Waals surface area contributed by atoms with Crippen LogP contribution >= 0.6 is 0 Å². The van der Waals surface area contributed by atoms with E-state index >= 15 is 0 Å². The Balaban J connectivity index is 0.000000967. The zero-order chi connectivity index (χ0) is 25.3. The molecule has 36 heavy (non-hydrogen) atoms. The lowest BCUT2D eigenvalue weighted by Crippen LogP contribution is -2.00. The number of aryl methyl sites for hydroxylation is 1. The van der Waals surface area contributed by atoms with Gasteiger partial charge in [0.25, 0.3) is 6.47 Å². The lowest BCUT2D eigenvalue weighted by molar-refractivity contribution is -0.122. The van der Waals surface area contributed by atoms with Gasteiger partial charge in [0.05, 0.1) is 6.26 Å². The van der Waals surface area contributed by atoms with Gasteiger partial charge in [-0.05, 0) is 70.1 Å². The van der Waals surface area contributed by atoms with E-state index in [1.54, 1.807) is 6.26 Å². The van der Waals surface area contributed by atoms with Gasteiger partial charge in [-0.25, -0.2) is 0 Å². The molecule has 5 nitrogen and oxygen atoms in total. The van der Waals surface area contributed by atoms with E-state index in [1.807, 2.05) is 24.3 Å². The Bertz CT molecular complexity index is 1440. The second kappa shape index (κ2) is 11.9. The number of ether oxygens (including phenoxy) is 1. The summed E-state index contributed by atoms with van der Waals surface area (Å²) in [6.45, 7) is 2.90. The van der Waals surface area contributed by atoms with Crippen LogP contribution in [0.25, 0.3) is 33.2 Å². The second-order valence-corrected chi connectivity index (χ2v) is 8.32. The number of rotatable bonds is 7. The van der Waals surface area contributed by atoms with Crippen LogP contribution in [0.5, 0.6) is 5.75 Å². The van der Waals surface area contributed by atoms with Crippen LogP contribution in [0.3, 0.4) is 0 Å². The van der Waals surface area contributed by atoms with Gasteiger partial charge in [0.15, 0.2) is 0 Å². The molecule has 0 fully saturated rings. The molecule has 0 saturated heterocycles. The van der Waals surface area contributed by atoms with Crippen molar-refractivity contribution >= 4 is 17.4 Å². The summed E-state index contributed by atoms with van der Waals surface area (Å²) in [5, 5.41) is 7.96. The molecule has 3 N–H and O–H groups in total. The van der Waals surface area contributed by atoms with Crippen LogP contribution in [0.2, 0.25) is 0 Å². The van der Waals surface area contributed by atoms with Gasteiger partial charge in [0, 0.05) is 17.5 Å². The molecule has 0 aliphatic carbocycles. The maximum absolute atomic E-state index is 8.36. The van der Waals surface area contributed by atoms with Crippen molar-refractivity contribution in [2.45, 2.75) is 26.5 Å². The highest BCUT2D eigenvalue weighted by atomic mass is 16.5. The van der Waals surface area contributed by atoms with Gasteiger partial charge in [0.1, 0.15) is 17.9 Å². The van der Waals surface area contributed by atoms with Gasteiger partial charge in [-0.2, -0.15) is 0 Å². The van der Waals surface area contributed by atoms with Crippen molar-refractivity contribution in [1.82, 2.24) is 0 Å². The van der Waals surface area contributed by atoms with E-state index < -0.39 is 0 Å². The van der Waals surface area contributed by atoms with E-state index in [2.05, 4.69) is 73.7 Å². The number of benzene rings is 4. The number of furan rings is 1. The summed E-state index contributed by atoms with van der Waals surface area (Å²) in [5.74, 6) is 0.929. The molecule has 1 heterocycles. The van der Waals surface area contributed by atoms with Crippen molar-refractivity contribution in [2.24, 2.45) is 5.73 Å². The van der Waals surface area contributed by atoms with E-state index in [9.17, 15) is 0 Å². The first-order valence-electron chi connectivity index (χ1n) is 11.8. The van der Waals surface area contributed by atoms with Crippen LogP contribution in [0.4, 0.5) is 0 Å². The summed E-state index contributed by atoms with van der Waals surface area (Å²) in [5.41, 5.74) is 14.7. The third-order valence-corrected chi connectivity index (χ3v) is 6.03. The number of nitrogens with two attached hydrogens (primary N) is 1. The molecule has 0 aliphatic heterocycles. The summed E-state index contributed by atoms with van der Waals surface area (Å²) < 4.78 is 12.2. The average Bonchev–Trinajstić information content (AvgIpc) is 3.41. The lowest BCUT2D eigenvalue weighted by atomic mass is 9.99. The SMILES string of the molecule is CCc1ccc(-c2ccccc2)cc1OCc1cc(-c2cccc(CN)c2)c2occc2c1.O=CO. The first kappa shape index (κ1) is 24.8. The highest BCUT2D eigenvalue weighted by Gasteiger charge is 2.12. The maximum Gasteiger partial charge on any atom is 0.290 e. The molecule has 0 amide bonds. The van der Waals surface area contributed by atoms with Crippen LogP contribution in [0, 0.1) is 0 Å². The Hall–Kier alpha value is -4.35. The van der Waals surface area contributed by atoms with Crippen LogP contribution in [0.15, 0.2) is 102 Å². The van der Waals surface area contributed by atoms with Gasteiger partial charge in [-0.1, -0.05) is 67.6 Å². The minimum atomic E-state index is -0.250. The number of carbonyl (C=O) groups is 1. The highest BCUT2D eigenvalue weighted by molar-refractivity contribution is 5.93. The summed E-state index contributed by atoms with van der Waals surface area (Å²) in [6.07, 6.45) is 2.66. The van der Waals surface area contributed by atoms with Crippen molar-refractivity contribution < 1.29 is 19.1 Å². The lowest BCUT2D eigenvalue weighted by Gasteiger charge is -2.14. The minimum absolute atomic E-state index is 0.250.